The molecular formula is C20H15ClN2OS. The number of ether oxygens (including phenoxy) is 1. The fourth-order valence-electron chi connectivity index (χ4n) is 3.47. The predicted molar refractivity (Wildman–Crippen MR) is 101 cm³/mol. The first-order valence-electron chi connectivity index (χ1n) is 8.20. The molecule has 3 aromatic rings. The Hall–Kier alpha value is -2.30. The smallest absolute Gasteiger partial charge is 0.213 e. The summed E-state index contributed by atoms with van der Waals surface area (Å²) in [5, 5.41) is 9.85. The van der Waals surface area contributed by atoms with Gasteiger partial charge in [-0.2, -0.15) is 5.10 Å². The molecule has 0 saturated carbocycles. The van der Waals surface area contributed by atoms with Crippen LogP contribution in [0.1, 0.15) is 34.7 Å². The van der Waals surface area contributed by atoms with Crippen molar-refractivity contribution in [2.45, 2.75) is 18.7 Å². The van der Waals surface area contributed by atoms with Crippen molar-refractivity contribution in [1.82, 2.24) is 5.01 Å². The zero-order chi connectivity index (χ0) is 16.8. The van der Waals surface area contributed by atoms with Gasteiger partial charge in [0, 0.05) is 22.6 Å². The number of halogens is 1. The van der Waals surface area contributed by atoms with E-state index in [2.05, 4.69) is 34.7 Å². The summed E-state index contributed by atoms with van der Waals surface area (Å²) >= 11 is 7.78. The number of hydrogen-bond acceptors (Lipinski definition) is 4. The molecule has 3 heterocycles. The third kappa shape index (κ3) is 2.53. The molecule has 0 bridgehead atoms. The second-order valence-electron chi connectivity index (χ2n) is 6.18. The number of para-hydroxylation sites is 1. The van der Waals surface area contributed by atoms with E-state index in [9.17, 15) is 0 Å². The van der Waals surface area contributed by atoms with Crippen molar-refractivity contribution < 1.29 is 4.74 Å². The number of fused-ring (bicyclic) bond motifs is 3. The van der Waals surface area contributed by atoms with Crippen LogP contribution in [-0.4, -0.2) is 10.7 Å². The molecule has 2 aromatic carbocycles. The fourth-order valence-corrected chi connectivity index (χ4v) is 4.32. The van der Waals surface area contributed by atoms with Crippen LogP contribution in [0.15, 0.2) is 71.1 Å². The Morgan fingerprint density at radius 3 is 2.68 bits per heavy atom. The zero-order valence-electron chi connectivity index (χ0n) is 13.3. The molecule has 0 fully saturated rings. The Labute approximate surface area is 155 Å². The molecule has 3 nitrogen and oxygen atoms in total. The largest absolute Gasteiger partial charge is 0.464 e. The van der Waals surface area contributed by atoms with Crippen LogP contribution < -0.4 is 4.74 Å². The molecule has 2 aliphatic heterocycles. The highest BCUT2D eigenvalue weighted by atomic mass is 35.5. The van der Waals surface area contributed by atoms with Gasteiger partial charge < -0.3 is 4.74 Å². The van der Waals surface area contributed by atoms with Crippen molar-refractivity contribution in [3.8, 4) is 5.75 Å². The van der Waals surface area contributed by atoms with Crippen LogP contribution in [0.5, 0.6) is 5.75 Å². The summed E-state index contributed by atoms with van der Waals surface area (Å²) in [6.45, 7) is 0. The number of nitrogens with zero attached hydrogens (tertiary/aromatic N) is 2. The molecule has 5 rings (SSSR count). The highest BCUT2D eigenvalue weighted by Crippen LogP contribution is 2.47. The Morgan fingerprint density at radius 2 is 1.88 bits per heavy atom. The topological polar surface area (TPSA) is 24.8 Å². The van der Waals surface area contributed by atoms with Crippen LogP contribution in [0, 0.1) is 0 Å². The lowest BCUT2D eigenvalue weighted by Gasteiger charge is -2.38. The lowest BCUT2D eigenvalue weighted by atomic mass is 9.98. The van der Waals surface area contributed by atoms with Crippen LogP contribution in [0.3, 0.4) is 0 Å². The Balaban J connectivity index is 1.60. The summed E-state index contributed by atoms with van der Waals surface area (Å²) in [6, 6.07) is 20.5. The summed E-state index contributed by atoms with van der Waals surface area (Å²) in [7, 11) is 0. The van der Waals surface area contributed by atoms with Gasteiger partial charge >= 0.3 is 0 Å². The van der Waals surface area contributed by atoms with E-state index in [0.29, 0.717) is 0 Å². The van der Waals surface area contributed by atoms with Crippen molar-refractivity contribution in [3.63, 3.8) is 0 Å². The molecule has 0 radical (unpaired) electrons. The molecule has 25 heavy (non-hydrogen) atoms. The number of rotatable bonds is 2. The van der Waals surface area contributed by atoms with Crippen LogP contribution in [0.4, 0.5) is 0 Å². The summed E-state index contributed by atoms with van der Waals surface area (Å²) < 4.78 is 6.32. The third-order valence-corrected chi connectivity index (χ3v) is 5.83. The van der Waals surface area contributed by atoms with Gasteiger partial charge in [-0.05, 0) is 29.6 Å². The van der Waals surface area contributed by atoms with E-state index in [0.717, 1.165) is 28.5 Å². The molecule has 0 aliphatic carbocycles. The van der Waals surface area contributed by atoms with E-state index in [1.165, 1.54) is 10.4 Å². The van der Waals surface area contributed by atoms with Crippen molar-refractivity contribution >= 4 is 28.6 Å². The number of hydrogen-bond donors (Lipinski definition) is 0. The zero-order valence-corrected chi connectivity index (χ0v) is 14.9. The van der Waals surface area contributed by atoms with Crippen molar-refractivity contribution in [2.24, 2.45) is 5.10 Å². The average molecular weight is 367 g/mol. The molecule has 124 valence electrons. The van der Waals surface area contributed by atoms with Crippen molar-refractivity contribution in [2.75, 3.05) is 0 Å². The van der Waals surface area contributed by atoms with Gasteiger partial charge in [0.2, 0.25) is 6.23 Å². The standard InChI is InChI=1S/C20H15ClN2OS/c21-14-9-7-13(8-10-14)20-23-17(15-4-1-2-5-18(15)24-20)12-16(22-23)19-6-3-11-25-19/h1-11,17,20H,12H2/t17-,20+/m1/s1. The maximum Gasteiger partial charge on any atom is 0.213 e. The maximum absolute atomic E-state index is 6.32. The van der Waals surface area contributed by atoms with Crippen LogP contribution in [0.25, 0.3) is 0 Å². The minimum Gasteiger partial charge on any atom is -0.464 e. The van der Waals surface area contributed by atoms with E-state index in [-0.39, 0.29) is 12.3 Å². The van der Waals surface area contributed by atoms with Gasteiger partial charge in [0.25, 0.3) is 0 Å². The van der Waals surface area contributed by atoms with Gasteiger partial charge in [0.05, 0.1) is 16.6 Å². The molecule has 0 spiro atoms. The highest BCUT2D eigenvalue weighted by Gasteiger charge is 2.40. The van der Waals surface area contributed by atoms with E-state index in [1.54, 1.807) is 11.3 Å². The van der Waals surface area contributed by atoms with Gasteiger partial charge in [0.15, 0.2) is 0 Å². The SMILES string of the molecule is Clc1ccc([C@@H]2Oc3ccccc3[C@H]3CC(c4cccs4)=NN32)cc1. The first-order chi connectivity index (χ1) is 12.3. The minimum absolute atomic E-state index is 0.197. The first-order valence-corrected chi connectivity index (χ1v) is 9.46. The monoisotopic (exact) mass is 366 g/mol. The van der Waals surface area contributed by atoms with Gasteiger partial charge in [-0.25, -0.2) is 5.01 Å². The third-order valence-electron chi connectivity index (χ3n) is 4.66. The summed E-state index contributed by atoms with van der Waals surface area (Å²) in [5.74, 6) is 0.936. The average Bonchev–Trinajstić information content (AvgIpc) is 3.31. The second kappa shape index (κ2) is 5.90. The first kappa shape index (κ1) is 15.0. The Bertz CT molecular complexity index is 937. The molecule has 5 heteroatoms. The Kier molecular flexibility index (Phi) is 3.54. The quantitative estimate of drug-likeness (QED) is 0.586. The van der Waals surface area contributed by atoms with E-state index in [1.807, 2.05) is 36.4 Å². The number of hydrazone groups is 1. The van der Waals surface area contributed by atoms with Crippen molar-refractivity contribution in [3.05, 3.63) is 87.1 Å². The molecule has 2 aliphatic rings. The lowest BCUT2D eigenvalue weighted by Crippen LogP contribution is -2.33. The molecule has 0 saturated heterocycles. The molecule has 0 N–H and O–H groups in total. The van der Waals surface area contributed by atoms with Crippen LogP contribution >= 0.6 is 22.9 Å². The molecular weight excluding hydrogens is 352 g/mol. The van der Waals surface area contributed by atoms with Gasteiger partial charge in [-0.1, -0.05) is 48.0 Å². The summed E-state index contributed by atoms with van der Waals surface area (Å²) in [6.07, 6.45) is 0.653. The fraction of sp³-hybridized carbons (Fsp3) is 0.150. The Morgan fingerprint density at radius 1 is 1.04 bits per heavy atom. The van der Waals surface area contributed by atoms with Crippen LogP contribution in [-0.2, 0) is 0 Å². The molecule has 1 aromatic heterocycles. The van der Waals surface area contributed by atoms with Crippen molar-refractivity contribution in [1.29, 1.82) is 0 Å². The lowest BCUT2D eigenvalue weighted by molar-refractivity contribution is -0.0190. The van der Waals surface area contributed by atoms with Gasteiger partial charge in [-0.15, -0.1) is 11.3 Å². The maximum atomic E-state index is 6.32. The van der Waals surface area contributed by atoms with E-state index < -0.39 is 0 Å². The molecule has 2 atom stereocenters. The van der Waals surface area contributed by atoms with Gasteiger partial charge in [-0.3, -0.25) is 0 Å². The van der Waals surface area contributed by atoms with E-state index >= 15 is 0 Å². The van der Waals surface area contributed by atoms with E-state index in [4.69, 9.17) is 21.4 Å². The molecule has 0 unspecified atom stereocenters. The van der Waals surface area contributed by atoms with Crippen LogP contribution in [0.2, 0.25) is 5.02 Å². The number of thiophene rings is 1. The molecule has 0 amide bonds. The normalized spacial score (nSPS) is 21.3. The predicted octanol–water partition coefficient (Wildman–Crippen LogP) is 5.64. The summed E-state index contributed by atoms with van der Waals surface area (Å²) in [4.78, 5) is 1.22. The number of benzene rings is 2. The highest BCUT2D eigenvalue weighted by molar-refractivity contribution is 7.12. The second-order valence-corrected chi connectivity index (χ2v) is 7.57. The summed E-state index contributed by atoms with van der Waals surface area (Å²) in [5.41, 5.74) is 3.38. The minimum atomic E-state index is -0.241. The van der Waals surface area contributed by atoms with Gasteiger partial charge in [0.1, 0.15) is 5.75 Å².